The largest absolute Gasteiger partial charge is 0.288 e. The van der Waals surface area contributed by atoms with E-state index in [1.165, 1.54) is 25.7 Å². The maximum atomic E-state index is 10.6. The van der Waals surface area contributed by atoms with Gasteiger partial charge in [-0.3, -0.25) is 4.18 Å². The number of hydrogen-bond donors (Lipinski definition) is 0. The van der Waals surface area contributed by atoms with Crippen molar-refractivity contribution in [2.45, 2.75) is 52.1 Å². The van der Waals surface area contributed by atoms with Gasteiger partial charge in [-0.05, 0) is 13.3 Å². The Balaban J connectivity index is 3.19. The van der Waals surface area contributed by atoms with Crippen molar-refractivity contribution < 1.29 is 8.39 Å². The topological polar surface area (TPSA) is 26.3 Å². The van der Waals surface area contributed by atoms with Crippen LogP contribution in [0.15, 0.2) is 0 Å². The maximum Gasteiger partial charge on any atom is 0.152 e. The van der Waals surface area contributed by atoms with Gasteiger partial charge in [-0.2, -0.15) is 0 Å². The first-order chi connectivity index (χ1) is 5.66. The third-order valence-electron chi connectivity index (χ3n) is 1.76. The molecule has 0 aliphatic carbocycles. The van der Waals surface area contributed by atoms with Crippen molar-refractivity contribution in [2.75, 3.05) is 6.26 Å². The van der Waals surface area contributed by atoms with Gasteiger partial charge in [0.25, 0.3) is 0 Å². The highest BCUT2D eigenvalue weighted by Gasteiger charge is 2.03. The van der Waals surface area contributed by atoms with E-state index in [9.17, 15) is 4.21 Å². The Labute approximate surface area is 78.4 Å². The van der Waals surface area contributed by atoms with E-state index < -0.39 is 11.1 Å². The summed E-state index contributed by atoms with van der Waals surface area (Å²) in [7, 11) is 0. The molecule has 12 heavy (non-hydrogen) atoms. The predicted molar refractivity (Wildman–Crippen MR) is 53.4 cm³/mol. The fraction of sp³-hybridized carbons (Fsp3) is 1.00. The molecule has 0 N–H and O–H groups in total. The molecular formula is C9H20O2S. The van der Waals surface area contributed by atoms with Crippen LogP contribution >= 0.6 is 0 Å². The summed E-state index contributed by atoms with van der Waals surface area (Å²) >= 11 is -1.10. The Hall–Kier alpha value is 0.110. The number of hydrogen-bond acceptors (Lipinski definition) is 2. The van der Waals surface area contributed by atoms with Gasteiger partial charge in [0.1, 0.15) is 0 Å². The van der Waals surface area contributed by atoms with Crippen molar-refractivity contribution in [1.29, 1.82) is 0 Å². The molecule has 0 aliphatic rings. The van der Waals surface area contributed by atoms with Crippen LogP contribution in [-0.2, 0) is 15.3 Å². The molecule has 0 heterocycles. The summed E-state index contributed by atoms with van der Waals surface area (Å²) in [5, 5.41) is 0. The average molecular weight is 192 g/mol. The van der Waals surface area contributed by atoms with Gasteiger partial charge in [0.05, 0.1) is 6.10 Å². The number of unbranched alkanes of at least 4 members (excludes halogenated alkanes) is 3. The van der Waals surface area contributed by atoms with E-state index in [0.717, 1.165) is 6.42 Å². The molecule has 1 unspecified atom stereocenters. The third kappa shape index (κ3) is 8.21. The Morgan fingerprint density at radius 3 is 2.50 bits per heavy atom. The van der Waals surface area contributed by atoms with E-state index in [-0.39, 0.29) is 6.10 Å². The van der Waals surface area contributed by atoms with E-state index >= 15 is 0 Å². The summed E-state index contributed by atoms with van der Waals surface area (Å²) in [6, 6.07) is 0. The van der Waals surface area contributed by atoms with Gasteiger partial charge in [0, 0.05) is 6.26 Å². The molecule has 0 aliphatic heterocycles. The standard InChI is InChI=1S/C9H20O2S/c1-4-5-6-7-8-9(2)11-12(3)10/h9H,4-8H2,1-3H3/t9-,12?/m1/s1. The molecule has 0 fully saturated rings. The van der Waals surface area contributed by atoms with Crippen LogP contribution in [0, 0.1) is 0 Å². The Morgan fingerprint density at radius 1 is 1.33 bits per heavy atom. The summed E-state index contributed by atoms with van der Waals surface area (Å²) in [5.41, 5.74) is 0. The van der Waals surface area contributed by atoms with Crippen LogP contribution in [0.4, 0.5) is 0 Å². The minimum Gasteiger partial charge on any atom is -0.288 e. The molecule has 0 aromatic carbocycles. The molecule has 0 amide bonds. The molecule has 0 spiro atoms. The van der Waals surface area contributed by atoms with Gasteiger partial charge in [0.2, 0.25) is 0 Å². The Morgan fingerprint density at radius 2 is 2.00 bits per heavy atom. The summed E-state index contributed by atoms with van der Waals surface area (Å²) in [4.78, 5) is 0. The van der Waals surface area contributed by atoms with Gasteiger partial charge in [-0.1, -0.05) is 32.6 Å². The highest BCUT2D eigenvalue weighted by molar-refractivity contribution is 7.79. The first-order valence-electron chi connectivity index (χ1n) is 4.67. The molecule has 0 radical (unpaired) electrons. The quantitative estimate of drug-likeness (QED) is 0.580. The van der Waals surface area contributed by atoms with Crippen LogP contribution in [0.1, 0.15) is 46.0 Å². The van der Waals surface area contributed by atoms with Crippen LogP contribution in [-0.4, -0.2) is 16.6 Å². The lowest BCUT2D eigenvalue weighted by Gasteiger charge is -2.08. The average Bonchev–Trinajstić information content (AvgIpc) is 1.97. The molecule has 0 saturated heterocycles. The maximum absolute atomic E-state index is 10.6. The zero-order chi connectivity index (χ0) is 9.40. The molecule has 0 saturated carbocycles. The zero-order valence-electron chi connectivity index (χ0n) is 8.34. The van der Waals surface area contributed by atoms with Crippen molar-refractivity contribution in [3.63, 3.8) is 0 Å². The molecule has 0 aromatic heterocycles. The molecule has 2 nitrogen and oxygen atoms in total. The van der Waals surface area contributed by atoms with Crippen LogP contribution in [0.2, 0.25) is 0 Å². The highest BCUT2D eigenvalue weighted by Crippen LogP contribution is 2.08. The van der Waals surface area contributed by atoms with Crippen molar-refractivity contribution in [3.8, 4) is 0 Å². The first-order valence-corrected chi connectivity index (χ1v) is 6.15. The van der Waals surface area contributed by atoms with Gasteiger partial charge < -0.3 is 0 Å². The second-order valence-corrected chi connectivity index (χ2v) is 4.15. The van der Waals surface area contributed by atoms with Crippen LogP contribution in [0.5, 0.6) is 0 Å². The second kappa shape index (κ2) is 7.74. The lowest BCUT2D eigenvalue weighted by molar-refractivity contribution is 0.232. The SMILES string of the molecule is CCCCCC[C@@H](C)OS(C)=O. The van der Waals surface area contributed by atoms with Crippen LogP contribution in [0.3, 0.4) is 0 Å². The Kier molecular flexibility index (Phi) is 7.81. The van der Waals surface area contributed by atoms with E-state index in [2.05, 4.69) is 6.92 Å². The van der Waals surface area contributed by atoms with Gasteiger partial charge in [-0.15, -0.1) is 0 Å². The van der Waals surface area contributed by atoms with Gasteiger partial charge >= 0.3 is 0 Å². The first kappa shape index (κ1) is 12.1. The summed E-state index contributed by atoms with van der Waals surface area (Å²) in [5.74, 6) is 0. The summed E-state index contributed by atoms with van der Waals surface area (Å²) < 4.78 is 15.7. The van der Waals surface area contributed by atoms with Crippen LogP contribution in [0.25, 0.3) is 0 Å². The molecule has 3 heteroatoms. The normalized spacial score (nSPS) is 15.9. The molecule has 74 valence electrons. The molecule has 0 rings (SSSR count). The molecule has 2 atom stereocenters. The molecule has 0 bridgehead atoms. The fourth-order valence-corrected chi connectivity index (χ4v) is 1.70. The lowest BCUT2D eigenvalue weighted by Crippen LogP contribution is -2.09. The van der Waals surface area contributed by atoms with Crippen molar-refractivity contribution in [2.24, 2.45) is 0 Å². The van der Waals surface area contributed by atoms with Crippen molar-refractivity contribution in [3.05, 3.63) is 0 Å². The zero-order valence-corrected chi connectivity index (χ0v) is 9.15. The van der Waals surface area contributed by atoms with E-state index in [1.807, 2.05) is 6.92 Å². The summed E-state index contributed by atoms with van der Waals surface area (Å²) in [6.45, 7) is 4.17. The van der Waals surface area contributed by atoms with E-state index in [1.54, 1.807) is 6.26 Å². The summed E-state index contributed by atoms with van der Waals surface area (Å²) in [6.07, 6.45) is 7.75. The Bertz CT molecular complexity index is 126. The smallest absolute Gasteiger partial charge is 0.152 e. The van der Waals surface area contributed by atoms with Crippen molar-refractivity contribution in [1.82, 2.24) is 0 Å². The monoisotopic (exact) mass is 192 g/mol. The minimum atomic E-state index is -1.10. The van der Waals surface area contributed by atoms with Gasteiger partial charge in [0.15, 0.2) is 11.1 Å². The fourth-order valence-electron chi connectivity index (χ4n) is 1.14. The highest BCUT2D eigenvalue weighted by atomic mass is 32.2. The van der Waals surface area contributed by atoms with Crippen LogP contribution < -0.4 is 0 Å². The molecular weight excluding hydrogens is 172 g/mol. The van der Waals surface area contributed by atoms with E-state index in [0.29, 0.717) is 0 Å². The lowest BCUT2D eigenvalue weighted by atomic mass is 10.1. The predicted octanol–water partition coefficient (Wildman–Crippen LogP) is 2.66. The minimum absolute atomic E-state index is 0.146. The molecule has 0 aromatic rings. The number of rotatable bonds is 7. The third-order valence-corrected chi connectivity index (χ3v) is 2.36. The van der Waals surface area contributed by atoms with Crippen molar-refractivity contribution >= 4 is 11.1 Å². The second-order valence-electron chi connectivity index (χ2n) is 3.16. The van der Waals surface area contributed by atoms with Gasteiger partial charge in [-0.25, -0.2) is 4.21 Å². The van der Waals surface area contributed by atoms with E-state index in [4.69, 9.17) is 4.18 Å².